The number of aromatic amines is 1. The fourth-order valence-corrected chi connectivity index (χ4v) is 2.80. The minimum Gasteiger partial charge on any atom is -0.481 e. The summed E-state index contributed by atoms with van der Waals surface area (Å²) in [5.74, 6) is -1.34. The van der Waals surface area contributed by atoms with Crippen molar-refractivity contribution in [3.8, 4) is 0 Å². The minimum atomic E-state index is -0.958. The summed E-state index contributed by atoms with van der Waals surface area (Å²) < 4.78 is 0.953. The first-order valence-electron chi connectivity index (χ1n) is 8.54. The Hall–Kier alpha value is -2.90. The Bertz CT molecular complexity index is 913. The van der Waals surface area contributed by atoms with Crippen LogP contribution in [0, 0.1) is 5.92 Å². The Balaban J connectivity index is 2.36. The quantitative estimate of drug-likeness (QED) is 0.611. The normalized spacial score (nSPS) is 12.3. The summed E-state index contributed by atoms with van der Waals surface area (Å²) in [6.45, 7) is 3.95. The highest BCUT2D eigenvalue weighted by Crippen LogP contribution is 2.16. The number of para-hydroxylation sites is 1. The van der Waals surface area contributed by atoms with Gasteiger partial charge in [-0.15, -0.1) is 0 Å². The van der Waals surface area contributed by atoms with Crippen molar-refractivity contribution in [2.75, 3.05) is 6.54 Å². The molecule has 0 unspecified atom stereocenters. The molecule has 1 aromatic heterocycles. The number of carboxylic acids is 1. The van der Waals surface area contributed by atoms with Gasteiger partial charge in [0.25, 0.3) is 5.56 Å². The molecular formula is C18H23N3O5. The minimum absolute atomic E-state index is 0.0639. The molecule has 8 heteroatoms. The smallest absolute Gasteiger partial charge is 0.329 e. The number of nitrogens with zero attached hydrogens (tertiary/aromatic N) is 1. The maximum Gasteiger partial charge on any atom is 0.329 e. The fourth-order valence-electron chi connectivity index (χ4n) is 2.80. The van der Waals surface area contributed by atoms with Crippen LogP contribution < -0.4 is 16.6 Å². The van der Waals surface area contributed by atoms with E-state index in [0.29, 0.717) is 17.3 Å². The van der Waals surface area contributed by atoms with Gasteiger partial charge in [-0.25, -0.2) is 9.36 Å². The van der Waals surface area contributed by atoms with Crippen LogP contribution >= 0.6 is 0 Å². The van der Waals surface area contributed by atoms with Gasteiger partial charge in [0.1, 0.15) is 6.04 Å². The number of carbonyl (C=O) groups is 2. The summed E-state index contributed by atoms with van der Waals surface area (Å²) in [5, 5.41) is 11.6. The van der Waals surface area contributed by atoms with E-state index in [2.05, 4.69) is 10.3 Å². The molecule has 1 aromatic carbocycles. The molecule has 1 heterocycles. The molecule has 1 amide bonds. The molecule has 0 fully saturated rings. The highest BCUT2D eigenvalue weighted by Gasteiger charge is 2.25. The molecule has 0 aliphatic carbocycles. The van der Waals surface area contributed by atoms with Crippen molar-refractivity contribution in [2.24, 2.45) is 5.92 Å². The van der Waals surface area contributed by atoms with Gasteiger partial charge in [0.2, 0.25) is 5.91 Å². The summed E-state index contributed by atoms with van der Waals surface area (Å²) in [4.78, 5) is 51.0. The van der Waals surface area contributed by atoms with E-state index in [0.717, 1.165) is 4.57 Å². The molecule has 0 saturated carbocycles. The Labute approximate surface area is 149 Å². The van der Waals surface area contributed by atoms with Crippen LogP contribution in [0.15, 0.2) is 33.9 Å². The maximum absolute atomic E-state index is 12.8. The van der Waals surface area contributed by atoms with E-state index in [1.807, 2.05) is 13.8 Å². The second-order valence-electron chi connectivity index (χ2n) is 6.58. The number of hydrogen-bond acceptors (Lipinski definition) is 4. The lowest BCUT2D eigenvalue weighted by atomic mass is 10.0. The van der Waals surface area contributed by atoms with Crippen LogP contribution in [0.25, 0.3) is 10.9 Å². The molecule has 0 aliphatic rings. The predicted octanol–water partition coefficient (Wildman–Crippen LogP) is 1.26. The number of hydrogen-bond donors (Lipinski definition) is 3. The van der Waals surface area contributed by atoms with E-state index >= 15 is 0 Å². The molecular weight excluding hydrogens is 338 g/mol. The van der Waals surface area contributed by atoms with Crippen molar-refractivity contribution >= 4 is 22.8 Å². The van der Waals surface area contributed by atoms with Gasteiger partial charge >= 0.3 is 11.7 Å². The van der Waals surface area contributed by atoms with Crippen LogP contribution in [-0.4, -0.2) is 33.1 Å². The zero-order valence-electron chi connectivity index (χ0n) is 14.8. The van der Waals surface area contributed by atoms with Crippen molar-refractivity contribution in [3.05, 3.63) is 45.1 Å². The summed E-state index contributed by atoms with van der Waals surface area (Å²) in [6.07, 6.45) is 0.524. The third-order valence-electron chi connectivity index (χ3n) is 4.01. The van der Waals surface area contributed by atoms with Crippen molar-refractivity contribution in [2.45, 2.75) is 39.2 Å². The van der Waals surface area contributed by atoms with Gasteiger partial charge in [0.05, 0.1) is 10.9 Å². The van der Waals surface area contributed by atoms with Gasteiger partial charge in [-0.05, 0) is 30.9 Å². The summed E-state index contributed by atoms with van der Waals surface area (Å²) in [5.41, 5.74) is -0.736. The number of rotatable bonds is 8. The van der Waals surface area contributed by atoms with Crippen molar-refractivity contribution in [1.29, 1.82) is 0 Å². The predicted molar refractivity (Wildman–Crippen MR) is 97.2 cm³/mol. The van der Waals surface area contributed by atoms with Crippen molar-refractivity contribution in [1.82, 2.24) is 14.9 Å². The van der Waals surface area contributed by atoms with E-state index in [9.17, 15) is 19.2 Å². The maximum atomic E-state index is 12.8. The van der Waals surface area contributed by atoms with Crippen LogP contribution in [0.4, 0.5) is 0 Å². The van der Waals surface area contributed by atoms with Crippen LogP contribution in [0.3, 0.4) is 0 Å². The first-order valence-corrected chi connectivity index (χ1v) is 8.54. The molecule has 0 spiro atoms. The second-order valence-corrected chi connectivity index (χ2v) is 6.58. The zero-order valence-corrected chi connectivity index (χ0v) is 14.8. The van der Waals surface area contributed by atoms with E-state index in [-0.39, 0.29) is 25.3 Å². The third-order valence-corrected chi connectivity index (χ3v) is 4.01. The molecule has 0 bridgehead atoms. The molecule has 8 nitrogen and oxygen atoms in total. The SMILES string of the molecule is CC(C)C[C@@H](C(=O)NCCCC(=O)O)n1c(=O)[nH]c2ccccc2c1=O. The summed E-state index contributed by atoms with van der Waals surface area (Å²) >= 11 is 0. The number of aliphatic carboxylic acids is 1. The second kappa shape index (κ2) is 8.46. The van der Waals surface area contributed by atoms with Crippen LogP contribution in [0.2, 0.25) is 0 Å². The zero-order chi connectivity index (χ0) is 19.3. The first-order chi connectivity index (χ1) is 12.3. The lowest BCUT2D eigenvalue weighted by molar-refractivity contribution is -0.137. The lowest BCUT2D eigenvalue weighted by Crippen LogP contribution is -2.45. The number of carbonyl (C=O) groups excluding carboxylic acids is 1. The number of amides is 1. The number of nitrogens with one attached hydrogen (secondary N) is 2. The lowest BCUT2D eigenvalue weighted by Gasteiger charge is -2.20. The molecule has 2 rings (SSSR count). The molecule has 140 valence electrons. The number of aromatic nitrogens is 2. The van der Waals surface area contributed by atoms with Gasteiger partial charge < -0.3 is 15.4 Å². The average molecular weight is 361 g/mol. The average Bonchev–Trinajstić information content (AvgIpc) is 2.57. The van der Waals surface area contributed by atoms with Gasteiger partial charge in [0, 0.05) is 13.0 Å². The van der Waals surface area contributed by atoms with Crippen molar-refractivity contribution < 1.29 is 14.7 Å². The van der Waals surface area contributed by atoms with Gasteiger partial charge in [-0.1, -0.05) is 26.0 Å². The number of fused-ring (bicyclic) bond motifs is 1. The summed E-state index contributed by atoms with van der Waals surface area (Å²) in [6, 6.07) is 5.67. The largest absolute Gasteiger partial charge is 0.481 e. The molecule has 0 radical (unpaired) electrons. The Kier molecular flexibility index (Phi) is 6.32. The van der Waals surface area contributed by atoms with E-state index in [1.54, 1.807) is 24.3 Å². The third kappa shape index (κ3) is 4.59. The van der Waals surface area contributed by atoms with E-state index in [4.69, 9.17) is 5.11 Å². The van der Waals surface area contributed by atoms with Gasteiger partial charge in [-0.3, -0.25) is 14.4 Å². The van der Waals surface area contributed by atoms with Crippen LogP contribution in [0.5, 0.6) is 0 Å². The number of H-pyrrole nitrogens is 1. The van der Waals surface area contributed by atoms with Gasteiger partial charge in [-0.2, -0.15) is 0 Å². The number of carboxylic acid groups (broad SMARTS) is 1. The highest BCUT2D eigenvalue weighted by molar-refractivity contribution is 5.81. The first kappa shape index (κ1) is 19.4. The molecule has 0 aliphatic heterocycles. The fraction of sp³-hybridized carbons (Fsp3) is 0.444. The standard InChI is InChI=1S/C18H23N3O5/c1-11(2)10-14(16(24)19-9-5-8-15(22)23)21-17(25)12-6-3-4-7-13(12)20-18(21)26/h3-4,6-7,11,14H,5,8-10H2,1-2H3,(H,19,24)(H,20,26)(H,22,23)/t14-/m0/s1. The Morgan fingerprint density at radius 2 is 1.92 bits per heavy atom. The monoisotopic (exact) mass is 361 g/mol. The van der Waals surface area contributed by atoms with Crippen LogP contribution in [0.1, 0.15) is 39.2 Å². The molecule has 1 atom stereocenters. The summed E-state index contributed by atoms with van der Waals surface area (Å²) in [7, 11) is 0. The topological polar surface area (TPSA) is 121 Å². The van der Waals surface area contributed by atoms with E-state index < -0.39 is 29.2 Å². The van der Waals surface area contributed by atoms with Crippen molar-refractivity contribution in [3.63, 3.8) is 0 Å². The van der Waals surface area contributed by atoms with E-state index in [1.165, 1.54) is 0 Å². The molecule has 0 saturated heterocycles. The Morgan fingerprint density at radius 1 is 1.23 bits per heavy atom. The molecule has 3 N–H and O–H groups in total. The molecule has 2 aromatic rings. The van der Waals surface area contributed by atoms with Crippen LogP contribution in [-0.2, 0) is 9.59 Å². The number of benzene rings is 1. The molecule has 26 heavy (non-hydrogen) atoms. The Morgan fingerprint density at radius 3 is 2.58 bits per heavy atom. The highest BCUT2D eigenvalue weighted by atomic mass is 16.4. The van der Waals surface area contributed by atoms with Gasteiger partial charge in [0.15, 0.2) is 0 Å².